The van der Waals surface area contributed by atoms with E-state index >= 15 is 0 Å². The van der Waals surface area contributed by atoms with Gasteiger partial charge in [0, 0.05) is 20.0 Å². The summed E-state index contributed by atoms with van der Waals surface area (Å²) in [5.74, 6) is 0.511. The van der Waals surface area contributed by atoms with Crippen molar-refractivity contribution < 1.29 is 14.3 Å². The number of benzene rings is 2. The lowest BCUT2D eigenvalue weighted by Crippen LogP contribution is -2.38. The summed E-state index contributed by atoms with van der Waals surface area (Å²) in [6.45, 7) is 8.15. The molecule has 5 heteroatoms. The van der Waals surface area contributed by atoms with Crippen LogP contribution in [0.1, 0.15) is 31.9 Å². The Labute approximate surface area is 161 Å². The molecule has 2 aromatic carbocycles. The molecule has 0 unspecified atom stereocenters. The molecule has 2 rings (SSSR count). The third kappa shape index (κ3) is 6.13. The van der Waals surface area contributed by atoms with E-state index < -0.39 is 0 Å². The molecule has 0 saturated carbocycles. The molecule has 1 N–H and O–H groups in total. The van der Waals surface area contributed by atoms with Crippen LogP contribution in [0, 0.1) is 6.92 Å². The number of aryl methyl sites for hydroxylation is 1. The summed E-state index contributed by atoms with van der Waals surface area (Å²) in [6, 6.07) is 15.3. The molecule has 144 valence electrons. The van der Waals surface area contributed by atoms with Gasteiger partial charge >= 0.3 is 0 Å². The number of ether oxygens (including phenoxy) is 1. The Morgan fingerprint density at radius 3 is 2.41 bits per heavy atom. The van der Waals surface area contributed by atoms with E-state index in [1.54, 1.807) is 4.90 Å². The van der Waals surface area contributed by atoms with Crippen LogP contribution >= 0.6 is 0 Å². The highest BCUT2D eigenvalue weighted by molar-refractivity contribution is 5.93. The van der Waals surface area contributed by atoms with Gasteiger partial charge in [-0.1, -0.05) is 36.4 Å². The first kappa shape index (κ1) is 20.5. The van der Waals surface area contributed by atoms with Crippen molar-refractivity contribution in [2.45, 2.75) is 40.2 Å². The van der Waals surface area contributed by atoms with Crippen LogP contribution in [-0.4, -0.2) is 31.0 Å². The Morgan fingerprint density at radius 2 is 1.74 bits per heavy atom. The zero-order valence-corrected chi connectivity index (χ0v) is 16.5. The second-order valence-electron chi connectivity index (χ2n) is 6.76. The van der Waals surface area contributed by atoms with E-state index in [-0.39, 0.29) is 17.9 Å². The number of amides is 2. The molecule has 0 aromatic heterocycles. The van der Waals surface area contributed by atoms with Crippen LogP contribution in [0.4, 0.5) is 5.69 Å². The summed E-state index contributed by atoms with van der Waals surface area (Å²) in [7, 11) is 0. The first-order valence-corrected chi connectivity index (χ1v) is 9.23. The lowest BCUT2D eigenvalue weighted by Gasteiger charge is -2.25. The second kappa shape index (κ2) is 9.76. The lowest BCUT2D eigenvalue weighted by molar-refractivity contribution is -0.121. The first-order chi connectivity index (χ1) is 12.9. The van der Waals surface area contributed by atoms with Crippen LogP contribution < -0.4 is 15.0 Å². The van der Waals surface area contributed by atoms with Crippen molar-refractivity contribution in [2.75, 3.05) is 18.0 Å². The SMILES string of the molecule is CC(=O)N(CCNC(=O)Cc1ccccc1C)c1ccccc1OC(C)C. The van der Waals surface area contributed by atoms with Crippen molar-refractivity contribution in [3.8, 4) is 5.75 Å². The largest absolute Gasteiger partial charge is 0.489 e. The molecular weight excluding hydrogens is 340 g/mol. The predicted molar refractivity (Wildman–Crippen MR) is 108 cm³/mol. The summed E-state index contributed by atoms with van der Waals surface area (Å²) in [6.07, 6.45) is 0.341. The molecule has 0 fully saturated rings. The van der Waals surface area contributed by atoms with Gasteiger partial charge in [-0.25, -0.2) is 0 Å². The molecule has 0 heterocycles. The van der Waals surface area contributed by atoms with Gasteiger partial charge < -0.3 is 15.0 Å². The second-order valence-corrected chi connectivity index (χ2v) is 6.76. The Bertz CT molecular complexity index is 787. The number of rotatable bonds is 8. The van der Waals surface area contributed by atoms with Crippen molar-refractivity contribution in [3.05, 3.63) is 59.7 Å². The quantitative estimate of drug-likeness (QED) is 0.776. The van der Waals surface area contributed by atoms with Gasteiger partial charge in [0.05, 0.1) is 18.2 Å². The van der Waals surface area contributed by atoms with Crippen molar-refractivity contribution in [1.29, 1.82) is 0 Å². The third-order valence-electron chi connectivity index (χ3n) is 4.17. The number of carbonyl (C=O) groups is 2. The Balaban J connectivity index is 1.98. The molecular formula is C22H28N2O3. The van der Waals surface area contributed by atoms with Crippen molar-refractivity contribution in [1.82, 2.24) is 5.32 Å². The van der Waals surface area contributed by atoms with E-state index in [2.05, 4.69) is 5.32 Å². The maximum absolute atomic E-state index is 12.2. The van der Waals surface area contributed by atoms with Gasteiger partial charge in [-0.3, -0.25) is 9.59 Å². The van der Waals surface area contributed by atoms with Crippen molar-refractivity contribution >= 4 is 17.5 Å². The Kier molecular flexibility index (Phi) is 7.41. The standard InChI is InChI=1S/C22H28N2O3/c1-16(2)27-21-12-8-7-11-20(21)24(18(4)25)14-13-23-22(26)15-19-10-6-5-9-17(19)3/h5-12,16H,13-15H2,1-4H3,(H,23,26). The molecule has 5 nitrogen and oxygen atoms in total. The Morgan fingerprint density at radius 1 is 1.07 bits per heavy atom. The number of nitrogens with one attached hydrogen (secondary N) is 1. The number of para-hydroxylation sites is 2. The van der Waals surface area contributed by atoms with Gasteiger partial charge in [-0.2, -0.15) is 0 Å². The van der Waals surface area contributed by atoms with E-state index in [1.165, 1.54) is 6.92 Å². The molecule has 2 amide bonds. The number of hydrogen-bond acceptors (Lipinski definition) is 3. The fraction of sp³-hybridized carbons (Fsp3) is 0.364. The maximum Gasteiger partial charge on any atom is 0.224 e. The van der Waals surface area contributed by atoms with Crippen LogP contribution in [-0.2, 0) is 16.0 Å². The smallest absolute Gasteiger partial charge is 0.224 e. The summed E-state index contributed by atoms with van der Waals surface area (Å²) in [5, 5.41) is 2.90. The molecule has 0 aliphatic heterocycles. The number of nitrogens with zero attached hydrogens (tertiary/aromatic N) is 1. The molecule has 27 heavy (non-hydrogen) atoms. The minimum absolute atomic E-state index is 0.00812. The van der Waals surface area contributed by atoms with Crippen molar-refractivity contribution in [3.63, 3.8) is 0 Å². The average Bonchev–Trinajstić information content (AvgIpc) is 2.61. The monoisotopic (exact) mass is 368 g/mol. The highest BCUT2D eigenvalue weighted by Gasteiger charge is 2.17. The van der Waals surface area contributed by atoms with Crippen LogP contribution in [0.5, 0.6) is 5.75 Å². The maximum atomic E-state index is 12.2. The summed E-state index contributed by atoms with van der Waals surface area (Å²) < 4.78 is 5.81. The first-order valence-electron chi connectivity index (χ1n) is 9.23. The van der Waals surface area contributed by atoms with E-state index in [0.717, 1.165) is 11.1 Å². The minimum atomic E-state index is -0.0945. The van der Waals surface area contributed by atoms with E-state index in [1.807, 2.05) is 69.3 Å². The molecule has 0 bridgehead atoms. The molecule has 0 radical (unpaired) electrons. The summed E-state index contributed by atoms with van der Waals surface area (Å²) >= 11 is 0. The molecule has 0 spiro atoms. The van der Waals surface area contributed by atoms with E-state index in [9.17, 15) is 9.59 Å². The van der Waals surface area contributed by atoms with Crippen LogP contribution in [0.2, 0.25) is 0 Å². The minimum Gasteiger partial charge on any atom is -0.489 e. The predicted octanol–water partition coefficient (Wildman–Crippen LogP) is 3.49. The third-order valence-corrected chi connectivity index (χ3v) is 4.17. The van der Waals surface area contributed by atoms with Gasteiger partial charge in [-0.15, -0.1) is 0 Å². The van der Waals surface area contributed by atoms with Crippen LogP contribution in [0.15, 0.2) is 48.5 Å². The lowest BCUT2D eigenvalue weighted by atomic mass is 10.1. The highest BCUT2D eigenvalue weighted by Crippen LogP contribution is 2.28. The van der Waals surface area contributed by atoms with Gasteiger partial charge in [0.15, 0.2) is 0 Å². The van der Waals surface area contributed by atoms with E-state index in [4.69, 9.17) is 4.74 Å². The Hall–Kier alpha value is -2.82. The average molecular weight is 368 g/mol. The summed E-state index contributed by atoms with van der Waals surface area (Å²) in [5.41, 5.74) is 2.82. The molecule has 0 aliphatic carbocycles. The summed E-state index contributed by atoms with van der Waals surface area (Å²) in [4.78, 5) is 26.0. The number of anilines is 1. The zero-order valence-electron chi connectivity index (χ0n) is 16.5. The van der Waals surface area contributed by atoms with Crippen molar-refractivity contribution in [2.24, 2.45) is 0 Å². The molecule has 2 aromatic rings. The van der Waals surface area contributed by atoms with Crippen LogP contribution in [0.3, 0.4) is 0 Å². The fourth-order valence-electron chi connectivity index (χ4n) is 2.83. The van der Waals surface area contributed by atoms with Gasteiger partial charge in [-0.05, 0) is 44.0 Å². The fourth-order valence-corrected chi connectivity index (χ4v) is 2.83. The van der Waals surface area contributed by atoms with E-state index in [0.29, 0.717) is 30.9 Å². The molecule has 0 saturated heterocycles. The zero-order chi connectivity index (χ0) is 19.8. The normalized spacial score (nSPS) is 10.6. The van der Waals surface area contributed by atoms with Crippen LogP contribution in [0.25, 0.3) is 0 Å². The van der Waals surface area contributed by atoms with Gasteiger partial charge in [0.25, 0.3) is 0 Å². The van der Waals surface area contributed by atoms with Gasteiger partial charge in [0.2, 0.25) is 11.8 Å². The topological polar surface area (TPSA) is 58.6 Å². The highest BCUT2D eigenvalue weighted by atomic mass is 16.5. The molecule has 0 aliphatic rings. The number of carbonyl (C=O) groups excluding carboxylic acids is 2. The molecule has 0 atom stereocenters. The van der Waals surface area contributed by atoms with Gasteiger partial charge in [0.1, 0.15) is 5.75 Å². The number of hydrogen-bond donors (Lipinski definition) is 1.